The molecule has 142 valence electrons. The molecule has 0 aromatic carbocycles. The highest BCUT2D eigenvalue weighted by Gasteiger charge is 2.42. The number of carbonyl (C=O) groups excluding carboxylic acids is 2. The Kier molecular flexibility index (Phi) is 4.58. The first kappa shape index (κ1) is 18.2. The molecule has 4 atom stereocenters. The Hall–Kier alpha value is -2.14. The standard InChI is InChI=1S/C21H24ClN3O2/c1-4-20(26)24-18-6-5-13-16(18)9-23-10-19(13)25-12(3)14-8-17(22)11(2)7-15(14)21(25)27/h7-12,17-18H,4-6H2,1-3H3,(H,24,26)/t11?,12-,17?,18+/m1/s1. The zero-order chi connectivity index (χ0) is 19.3. The van der Waals surface area contributed by atoms with Gasteiger partial charge in [-0.3, -0.25) is 19.5 Å². The quantitative estimate of drug-likeness (QED) is 0.810. The summed E-state index contributed by atoms with van der Waals surface area (Å²) in [6.07, 6.45) is 9.73. The maximum Gasteiger partial charge on any atom is 0.258 e. The molecule has 27 heavy (non-hydrogen) atoms. The van der Waals surface area contributed by atoms with E-state index >= 15 is 0 Å². The number of nitrogens with one attached hydrogen (secondary N) is 1. The number of pyridine rings is 1. The van der Waals surface area contributed by atoms with Crippen LogP contribution in [0.5, 0.6) is 0 Å². The fraction of sp³-hybridized carbons (Fsp3) is 0.476. The van der Waals surface area contributed by atoms with Crippen molar-refractivity contribution in [2.45, 2.75) is 57.5 Å². The lowest BCUT2D eigenvalue weighted by Gasteiger charge is -2.24. The number of aromatic nitrogens is 1. The maximum atomic E-state index is 13.2. The number of hydrogen-bond donors (Lipinski definition) is 1. The average molecular weight is 386 g/mol. The van der Waals surface area contributed by atoms with Crippen LogP contribution in [0.3, 0.4) is 0 Å². The number of halogens is 1. The van der Waals surface area contributed by atoms with Gasteiger partial charge in [-0.15, -0.1) is 11.6 Å². The summed E-state index contributed by atoms with van der Waals surface area (Å²) in [6.45, 7) is 5.91. The van der Waals surface area contributed by atoms with E-state index in [1.54, 1.807) is 6.20 Å². The van der Waals surface area contributed by atoms with E-state index < -0.39 is 0 Å². The molecule has 0 radical (unpaired) electrons. The van der Waals surface area contributed by atoms with E-state index in [9.17, 15) is 9.59 Å². The first-order chi connectivity index (χ1) is 12.9. The summed E-state index contributed by atoms with van der Waals surface area (Å²) in [5.41, 5.74) is 4.76. The van der Waals surface area contributed by atoms with Crippen LogP contribution in [-0.4, -0.2) is 28.2 Å². The van der Waals surface area contributed by atoms with Gasteiger partial charge in [0.05, 0.1) is 29.3 Å². The molecule has 2 heterocycles. The molecule has 0 bridgehead atoms. The normalized spacial score (nSPS) is 29.2. The second-order valence-electron chi connectivity index (χ2n) is 7.60. The Morgan fingerprint density at radius 1 is 1.33 bits per heavy atom. The maximum absolute atomic E-state index is 13.2. The molecule has 1 fully saturated rings. The van der Waals surface area contributed by atoms with E-state index in [4.69, 9.17) is 11.6 Å². The second kappa shape index (κ2) is 6.79. The molecule has 2 aliphatic carbocycles. The molecule has 6 heteroatoms. The van der Waals surface area contributed by atoms with Crippen molar-refractivity contribution in [1.29, 1.82) is 0 Å². The zero-order valence-corrected chi connectivity index (χ0v) is 16.6. The average Bonchev–Trinajstić information content (AvgIpc) is 3.16. The molecule has 1 aliphatic heterocycles. The first-order valence-electron chi connectivity index (χ1n) is 9.60. The highest BCUT2D eigenvalue weighted by Crippen LogP contribution is 2.43. The molecule has 4 rings (SSSR count). The molecule has 1 saturated heterocycles. The monoisotopic (exact) mass is 385 g/mol. The van der Waals surface area contributed by atoms with Gasteiger partial charge in [0.1, 0.15) is 0 Å². The van der Waals surface area contributed by atoms with Crippen molar-refractivity contribution in [3.05, 3.63) is 46.8 Å². The van der Waals surface area contributed by atoms with Gasteiger partial charge in [0.25, 0.3) is 5.91 Å². The smallest absolute Gasteiger partial charge is 0.258 e. The number of fused-ring (bicyclic) bond motifs is 2. The third kappa shape index (κ3) is 2.89. The number of alkyl halides is 1. The number of amides is 2. The fourth-order valence-corrected chi connectivity index (χ4v) is 4.56. The SMILES string of the molecule is CCC(=O)N[C@H]1CCc2c1cncc2N1C(=O)C2=CC(C)C(Cl)C=C2[C@H]1C. The molecule has 2 unspecified atom stereocenters. The minimum absolute atomic E-state index is 0.0143. The lowest BCUT2D eigenvalue weighted by Crippen LogP contribution is -2.32. The zero-order valence-electron chi connectivity index (χ0n) is 15.8. The largest absolute Gasteiger partial charge is 0.349 e. The van der Waals surface area contributed by atoms with Crippen LogP contribution in [0.25, 0.3) is 0 Å². The third-order valence-corrected chi connectivity index (χ3v) is 6.43. The number of hydrogen-bond acceptors (Lipinski definition) is 3. The minimum atomic E-state index is -0.0906. The predicted molar refractivity (Wildman–Crippen MR) is 106 cm³/mol. The summed E-state index contributed by atoms with van der Waals surface area (Å²) < 4.78 is 0. The van der Waals surface area contributed by atoms with Gasteiger partial charge in [-0.2, -0.15) is 0 Å². The summed E-state index contributed by atoms with van der Waals surface area (Å²) in [6, 6.07) is -0.101. The van der Waals surface area contributed by atoms with Gasteiger partial charge in [0.2, 0.25) is 5.91 Å². The third-order valence-electron chi connectivity index (χ3n) is 5.91. The summed E-state index contributed by atoms with van der Waals surface area (Å²) in [5.74, 6) is 0.183. The van der Waals surface area contributed by atoms with Gasteiger partial charge in [-0.25, -0.2) is 0 Å². The summed E-state index contributed by atoms with van der Waals surface area (Å²) >= 11 is 6.41. The first-order valence-corrected chi connectivity index (χ1v) is 10.0. The van der Waals surface area contributed by atoms with Crippen molar-refractivity contribution in [1.82, 2.24) is 10.3 Å². The second-order valence-corrected chi connectivity index (χ2v) is 8.10. The Morgan fingerprint density at radius 2 is 2.11 bits per heavy atom. The molecule has 1 aromatic rings. The molecule has 5 nitrogen and oxygen atoms in total. The van der Waals surface area contributed by atoms with Crippen LogP contribution in [0.2, 0.25) is 0 Å². The van der Waals surface area contributed by atoms with E-state index in [0.29, 0.717) is 6.42 Å². The number of rotatable bonds is 3. The lowest BCUT2D eigenvalue weighted by atomic mass is 9.90. The predicted octanol–water partition coefficient (Wildman–Crippen LogP) is 3.44. The molecule has 1 aromatic heterocycles. The van der Waals surface area contributed by atoms with Gasteiger partial charge >= 0.3 is 0 Å². The molecule has 2 amide bonds. The topological polar surface area (TPSA) is 62.3 Å². The van der Waals surface area contributed by atoms with E-state index in [2.05, 4.69) is 10.3 Å². The van der Waals surface area contributed by atoms with Crippen molar-refractivity contribution >= 4 is 29.1 Å². The van der Waals surface area contributed by atoms with Crippen LogP contribution in [-0.2, 0) is 16.0 Å². The molecule has 1 N–H and O–H groups in total. The molecular weight excluding hydrogens is 362 g/mol. The number of nitrogens with zero attached hydrogens (tertiary/aromatic N) is 2. The Labute approximate surface area is 164 Å². The van der Waals surface area contributed by atoms with Crippen molar-refractivity contribution in [3.63, 3.8) is 0 Å². The van der Waals surface area contributed by atoms with Crippen molar-refractivity contribution in [2.24, 2.45) is 5.92 Å². The van der Waals surface area contributed by atoms with E-state index in [-0.39, 0.29) is 35.2 Å². The Morgan fingerprint density at radius 3 is 2.85 bits per heavy atom. The van der Waals surface area contributed by atoms with Crippen LogP contribution in [0.1, 0.15) is 50.8 Å². The summed E-state index contributed by atoms with van der Waals surface area (Å²) in [5, 5.41) is 2.97. The van der Waals surface area contributed by atoms with Crippen LogP contribution < -0.4 is 10.2 Å². The van der Waals surface area contributed by atoms with Crippen LogP contribution in [0.4, 0.5) is 5.69 Å². The lowest BCUT2D eigenvalue weighted by molar-refractivity contribution is -0.121. The highest BCUT2D eigenvalue weighted by molar-refractivity contribution is 6.23. The Bertz CT molecular complexity index is 876. The minimum Gasteiger partial charge on any atom is -0.349 e. The van der Waals surface area contributed by atoms with Crippen molar-refractivity contribution < 1.29 is 9.59 Å². The van der Waals surface area contributed by atoms with Gasteiger partial charge in [-0.05, 0) is 42.4 Å². The molecular formula is C21H24ClN3O2. The number of allylic oxidation sites excluding steroid dienone is 2. The van der Waals surface area contributed by atoms with Gasteiger partial charge in [0.15, 0.2) is 0 Å². The summed E-state index contributed by atoms with van der Waals surface area (Å²) in [7, 11) is 0. The molecule has 0 spiro atoms. The van der Waals surface area contributed by atoms with Crippen LogP contribution in [0.15, 0.2) is 35.7 Å². The van der Waals surface area contributed by atoms with Gasteiger partial charge in [-0.1, -0.05) is 26.0 Å². The van der Waals surface area contributed by atoms with Crippen molar-refractivity contribution in [3.8, 4) is 0 Å². The van der Waals surface area contributed by atoms with E-state index in [0.717, 1.165) is 40.8 Å². The van der Waals surface area contributed by atoms with Crippen LogP contribution in [0, 0.1) is 5.92 Å². The number of carbonyl (C=O) groups is 2. The molecule has 3 aliphatic rings. The Balaban J connectivity index is 1.72. The highest BCUT2D eigenvalue weighted by atomic mass is 35.5. The van der Waals surface area contributed by atoms with E-state index in [1.165, 1.54) is 0 Å². The van der Waals surface area contributed by atoms with Gasteiger partial charge < -0.3 is 5.32 Å². The fourth-order valence-electron chi connectivity index (χ4n) is 4.35. The van der Waals surface area contributed by atoms with E-state index in [1.807, 2.05) is 44.0 Å². The van der Waals surface area contributed by atoms with Crippen LogP contribution >= 0.6 is 11.6 Å². The summed E-state index contributed by atoms with van der Waals surface area (Å²) in [4.78, 5) is 31.2. The molecule has 0 saturated carbocycles. The van der Waals surface area contributed by atoms with Gasteiger partial charge in [0, 0.05) is 18.2 Å². The van der Waals surface area contributed by atoms with Crippen molar-refractivity contribution in [2.75, 3.05) is 4.90 Å². The number of anilines is 1.